The van der Waals surface area contributed by atoms with Crippen LogP contribution in [0.3, 0.4) is 0 Å². The van der Waals surface area contributed by atoms with E-state index >= 15 is 0 Å². The third-order valence-electron chi connectivity index (χ3n) is 2.77. The van der Waals surface area contributed by atoms with Gasteiger partial charge in [0.25, 0.3) is 0 Å². The summed E-state index contributed by atoms with van der Waals surface area (Å²) in [5, 5.41) is 10.9. The number of H-pyrrole nitrogens is 1. The fraction of sp³-hybridized carbons (Fsp3) is 0.400. The number of rotatable bonds is 3. The van der Waals surface area contributed by atoms with Gasteiger partial charge < -0.3 is 14.8 Å². The molecule has 0 spiro atoms. The van der Waals surface area contributed by atoms with Crippen LogP contribution in [0.15, 0.2) is 30.5 Å². The van der Waals surface area contributed by atoms with Crippen LogP contribution in [0, 0.1) is 0 Å². The van der Waals surface area contributed by atoms with Gasteiger partial charge in [0.05, 0.1) is 0 Å². The molecule has 1 aromatic heterocycles. The molecule has 0 bridgehead atoms. The second kappa shape index (κ2) is 5.05. The molecule has 0 saturated heterocycles. The van der Waals surface area contributed by atoms with Crippen LogP contribution in [0.25, 0.3) is 10.9 Å². The average molecular weight is 261 g/mol. The second-order valence-electron chi connectivity index (χ2n) is 5.61. The van der Waals surface area contributed by atoms with Gasteiger partial charge >= 0.3 is 5.97 Å². The third kappa shape index (κ3) is 3.35. The molecular weight excluding hydrogens is 242 g/mol. The fourth-order valence-electron chi connectivity index (χ4n) is 1.96. The Kier molecular flexibility index (Phi) is 3.62. The maximum Gasteiger partial charge on any atom is 0.335 e. The molecule has 0 aliphatic heterocycles. The lowest BCUT2D eigenvalue weighted by molar-refractivity contribution is -0.164. The van der Waals surface area contributed by atoms with Gasteiger partial charge in [-0.3, -0.25) is 0 Å². The Bertz CT molecular complexity index is 580. The number of aromatic nitrogens is 1. The monoisotopic (exact) mass is 261 g/mol. The normalized spacial score (nSPS) is 13.5. The van der Waals surface area contributed by atoms with Gasteiger partial charge in [-0.25, -0.2) is 4.79 Å². The summed E-state index contributed by atoms with van der Waals surface area (Å²) < 4.78 is 5.16. The summed E-state index contributed by atoms with van der Waals surface area (Å²) >= 11 is 0. The molecule has 1 heterocycles. The summed E-state index contributed by atoms with van der Waals surface area (Å²) in [6.45, 7) is 5.34. The number of fused-ring (bicyclic) bond motifs is 1. The molecule has 1 unspecified atom stereocenters. The molecule has 0 aliphatic carbocycles. The first-order valence-corrected chi connectivity index (χ1v) is 6.33. The van der Waals surface area contributed by atoms with Crippen molar-refractivity contribution in [3.05, 3.63) is 36.0 Å². The molecule has 2 N–H and O–H groups in total. The Balaban J connectivity index is 2.10. The van der Waals surface area contributed by atoms with E-state index in [4.69, 9.17) is 4.74 Å². The maximum absolute atomic E-state index is 11.7. The van der Waals surface area contributed by atoms with Crippen molar-refractivity contribution in [1.29, 1.82) is 0 Å². The molecule has 102 valence electrons. The predicted octanol–water partition coefficient (Wildman–Crippen LogP) is 2.41. The Morgan fingerprint density at radius 2 is 2.05 bits per heavy atom. The predicted molar refractivity (Wildman–Crippen MR) is 73.9 cm³/mol. The second-order valence-corrected chi connectivity index (χ2v) is 5.61. The van der Waals surface area contributed by atoms with Crippen molar-refractivity contribution in [3.63, 3.8) is 0 Å². The number of aliphatic hydroxyl groups excluding tert-OH is 1. The lowest BCUT2D eigenvalue weighted by Crippen LogP contribution is -2.32. The molecule has 2 aromatic rings. The molecule has 0 amide bonds. The number of hydrogen-bond donors (Lipinski definition) is 2. The van der Waals surface area contributed by atoms with E-state index in [9.17, 15) is 9.90 Å². The minimum Gasteiger partial charge on any atom is -0.458 e. The molecule has 0 fully saturated rings. The number of benzene rings is 1. The summed E-state index contributed by atoms with van der Waals surface area (Å²) in [7, 11) is 0. The van der Waals surface area contributed by atoms with E-state index in [2.05, 4.69) is 4.98 Å². The summed E-state index contributed by atoms with van der Waals surface area (Å²) in [6, 6.07) is 7.79. The maximum atomic E-state index is 11.7. The molecule has 4 nitrogen and oxygen atoms in total. The highest BCUT2D eigenvalue weighted by molar-refractivity contribution is 5.84. The summed E-state index contributed by atoms with van der Waals surface area (Å²) in [4.78, 5) is 14.9. The van der Waals surface area contributed by atoms with Crippen LogP contribution in [0.1, 0.15) is 26.3 Å². The first kappa shape index (κ1) is 13.6. The van der Waals surface area contributed by atoms with Gasteiger partial charge in [-0.05, 0) is 32.4 Å². The van der Waals surface area contributed by atoms with Gasteiger partial charge in [0, 0.05) is 23.5 Å². The zero-order chi connectivity index (χ0) is 14.0. The highest BCUT2D eigenvalue weighted by Gasteiger charge is 2.24. The van der Waals surface area contributed by atoms with Crippen molar-refractivity contribution in [2.45, 2.75) is 38.9 Å². The number of para-hydroxylation sites is 1. The van der Waals surface area contributed by atoms with Gasteiger partial charge in [0.2, 0.25) is 0 Å². The number of carbonyl (C=O) groups excluding carboxylic acids is 1. The standard InChI is InChI=1S/C15H19NO3/c1-15(2,3)19-14(18)13(17)8-10-9-16-12-7-5-4-6-11(10)12/h4-7,9,13,16-17H,8H2,1-3H3. The van der Waals surface area contributed by atoms with Crippen molar-refractivity contribution in [2.75, 3.05) is 0 Å². The van der Waals surface area contributed by atoms with E-state index in [0.717, 1.165) is 16.5 Å². The summed E-state index contributed by atoms with van der Waals surface area (Å²) in [6.07, 6.45) is 0.926. The summed E-state index contributed by atoms with van der Waals surface area (Å²) in [5.41, 5.74) is 1.32. The Hall–Kier alpha value is -1.81. The Morgan fingerprint density at radius 3 is 2.74 bits per heavy atom. The molecule has 0 aliphatic rings. The van der Waals surface area contributed by atoms with Crippen LogP contribution in [0.4, 0.5) is 0 Å². The molecule has 0 saturated carbocycles. The topological polar surface area (TPSA) is 62.3 Å². The smallest absolute Gasteiger partial charge is 0.335 e. The number of nitrogens with one attached hydrogen (secondary N) is 1. The van der Waals surface area contributed by atoms with Gasteiger partial charge in [0.1, 0.15) is 5.60 Å². The van der Waals surface area contributed by atoms with Gasteiger partial charge in [0.15, 0.2) is 6.10 Å². The quantitative estimate of drug-likeness (QED) is 0.834. The Labute approximate surface area is 112 Å². The SMILES string of the molecule is CC(C)(C)OC(=O)C(O)Cc1c[nH]c2ccccc12. The van der Waals surface area contributed by atoms with E-state index in [0.29, 0.717) is 0 Å². The fourth-order valence-corrected chi connectivity index (χ4v) is 1.96. The van der Waals surface area contributed by atoms with Crippen molar-refractivity contribution in [2.24, 2.45) is 0 Å². The number of aromatic amines is 1. The van der Waals surface area contributed by atoms with E-state index < -0.39 is 17.7 Å². The number of hydrogen-bond acceptors (Lipinski definition) is 3. The highest BCUT2D eigenvalue weighted by atomic mass is 16.6. The van der Waals surface area contributed by atoms with Crippen molar-refractivity contribution in [3.8, 4) is 0 Å². The van der Waals surface area contributed by atoms with Crippen molar-refractivity contribution in [1.82, 2.24) is 4.98 Å². The molecule has 4 heteroatoms. The van der Waals surface area contributed by atoms with Gasteiger partial charge in [-0.2, -0.15) is 0 Å². The third-order valence-corrected chi connectivity index (χ3v) is 2.77. The molecule has 0 radical (unpaired) electrons. The van der Waals surface area contributed by atoms with Crippen LogP contribution < -0.4 is 0 Å². The molecule has 2 rings (SSSR count). The number of ether oxygens (including phenoxy) is 1. The van der Waals surface area contributed by atoms with E-state index in [-0.39, 0.29) is 6.42 Å². The number of esters is 1. The molecule has 1 atom stereocenters. The lowest BCUT2D eigenvalue weighted by atomic mass is 10.1. The average Bonchev–Trinajstić information content (AvgIpc) is 2.70. The lowest BCUT2D eigenvalue weighted by Gasteiger charge is -2.21. The largest absolute Gasteiger partial charge is 0.458 e. The van der Waals surface area contributed by atoms with E-state index in [1.54, 1.807) is 20.8 Å². The van der Waals surface area contributed by atoms with Gasteiger partial charge in [-0.1, -0.05) is 18.2 Å². The van der Waals surface area contributed by atoms with E-state index in [1.807, 2.05) is 30.5 Å². The number of carbonyl (C=O) groups is 1. The van der Waals surface area contributed by atoms with Crippen molar-refractivity contribution >= 4 is 16.9 Å². The van der Waals surface area contributed by atoms with Crippen molar-refractivity contribution < 1.29 is 14.6 Å². The van der Waals surface area contributed by atoms with Crippen LogP contribution in [0.2, 0.25) is 0 Å². The summed E-state index contributed by atoms with van der Waals surface area (Å²) in [5.74, 6) is -0.585. The first-order valence-electron chi connectivity index (χ1n) is 6.33. The zero-order valence-corrected chi connectivity index (χ0v) is 11.4. The molecule has 19 heavy (non-hydrogen) atoms. The first-order chi connectivity index (χ1) is 8.87. The minimum atomic E-state index is -1.14. The number of aliphatic hydroxyl groups is 1. The van der Waals surface area contributed by atoms with Crippen LogP contribution >= 0.6 is 0 Å². The van der Waals surface area contributed by atoms with Gasteiger partial charge in [-0.15, -0.1) is 0 Å². The van der Waals surface area contributed by atoms with Crippen LogP contribution in [0.5, 0.6) is 0 Å². The van der Waals surface area contributed by atoms with Crippen LogP contribution in [-0.4, -0.2) is 27.8 Å². The zero-order valence-electron chi connectivity index (χ0n) is 11.4. The van der Waals surface area contributed by atoms with E-state index in [1.165, 1.54) is 0 Å². The van der Waals surface area contributed by atoms with Crippen LogP contribution in [-0.2, 0) is 16.0 Å². The minimum absolute atomic E-state index is 0.249. The molecule has 1 aromatic carbocycles. The highest BCUT2D eigenvalue weighted by Crippen LogP contribution is 2.20. The molecular formula is C15H19NO3. The Morgan fingerprint density at radius 1 is 1.37 bits per heavy atom.